The highest BCUT2D eigenvalue weighted by molar-refractivity contribution is 8.02. The lowest BCUT2D eigenvalue weighted by atomic mass is 10.1. The van der Waals surface area contributed by atoms with Gasteiger partial charge >= 0.3 is 0 Å². The van der Waals surface area contributed by atoms with Crippen molar-refractivity contribution in [2.75, 3.05) is 10.6 Å². The van der Waals surface area contributed by atoms with Crippen LogP contribution in [0.4, 0.5) is 10.8 Å². The molecule has 0 saturated carbocycles. The topological polar surface area (TPSA) is 84.0 Å². The molecule has 0 radical (unpaired) electrons. The molecule has 0 aliphatic rings. The van der Waals surface area contributed by atoms with Gasteiger partial charge in [0.2, 0.25) is 11.0 Å². The summed E-state index contributed by atoms with van der Waals surface area (Å²) in [6, 6.07) is 7.13. The Labute approximate surface area is 149 Å². The Balaban J connectivity index is 1.92. The lowest BCUT2D eigenvalue weighted by Gasteiger charge is -2.10. The number of aromatic nitrogens is 2. The average molecular weight is 364 g/mol. The minimum absolute atomic E-state index is 0.00104. The summed E-state index contributed by atoms with van der Waals surface area (Å²) >= 11 is 2.80. The van der Waals surface area contributed by atoms with Gasteiger partial charge in [0.1, 0.15) is 0 Å². The first kappa shape index (κ1) is 18.4. The monoisotopic (exact) mass is 364 g/mol. The van der Waals surface area contributed by atoms with Crippen LogP contribution in [0.1, 0.15) is 38.1 Å². The van der Waals surface area contributed by atoms with Gasteiger partial charge in [0.05, 0.1) is 5.25 Å². The third kappa shape index (κ3) is 5.31. The van der Waals surface area contributed by atoms with E-state index >= 15 is 0 Å². The van der Waals surface area contributed by atoms with Crippen LogP contribution in [0.25, 0.3) is 0 Å². The molecule has 0 aliphatic heterocycles. The maximum absolute atomic E-state index is 12.3. The standard InChI is InChI=1S/C16H20N4O2S2/c1-9(2)17-15-19-20-16(24-15)23-11(4)14(22)18-13-7-5-12(6-8-13)10(3)21/h5-9,11H,1-4H3,(H,17,19)(H,18,22)/t11-/m0/s1. The van der Waals surface area contributed by atoms with E-state index in [0.29, 0.717) is 11.3 Å². The van der Waals surface area contributed by atoms with Gasteiger partial charge < -0.3 is 10.6 Å². The molecule has 1 heterocycles. The molecule has 8 heteroatoms. The number of nitrogens with one attached hydrogen (secondary N) is 2. The molecule has 0 bridgehead atoms. The Morgan fingerprint density at radius 3 is 2.38 bits per heavy atom. The predicted molar refractivity (Wildman–Crippen MR) is 99.1 cm³/mol. The van der Waals surface area contributed by atoms with Crippen molar-refractivity contribution in [2.24, 2.45) is 0 Å². The van der Waals surface area contributed by atoms with Crippen LogP contribution in [0, 0.1) is 0 Å². The van der Waals surface area contributed by atoms with Gasteiger partial charge in [-0.25, -0.2) is 0 Å². The molecule has 6 nitrogen and oxygen atoms in total. The van der Waals surface area contributed by atoms with E-state index in [2.05, 4.69) is 20.8 Å². The summed E-state index contributed by atoms with van der Waals surface area (Å²) in [6.07, 6.45) is 0. The van der Waals surface area contributed by atoms with E-state index in [1.807, 2.05) is 20.8 Å². The highest BCUT2D eigenvalue weighted by Crippen LogP contribution is 2.29. The fourth-order valence-electron chi connectivity index (χ4n) is 1.80. The predicted octanol–water partition coefficient (Wildman–Crippen LogP) is 3.68. The molecule has 2 rings (SSSR count). The van der Waals surface area contributed by atoms with E-state index in [-0.39, 0.29) is 23.0 Å². The third-order valence-electron chi connectivity index (χ3n) is 3.02. The van der Waals surface area contributed by atoms with Crippen molar-refractivity contribution < 1.29 is 9.59 Å². The Morgan fingerprint density at radius 2 is 1.79 bits per heavy atom. The van der Waals surface area contributed by atoms with E-state index in [4.69, 9.17) is 0 Å². The van der Waals surface area contributed by atoms with E-state index in [1.54, 1.807) is 24.3 Å². The van der Waals surface area contributed by atoms with Crippen molar-refractivity contribution in [3.63, 3.8) is 0 Å². The number of nitrogens with zero attached hydrogens (tertiary/aromatic N) is 2. The molecule has 24 heavy (non-hydrogen) atoms. The summed E-state index contributed by atoms with van der Waals surface area (Å²) in [5, 5.41) is 14.6. The number of thioether (sulfide) groups is 1. The van der Waals surface area contributed by atoms with Crippen molar-refractivity contribution >= 4 is 45.6 Å². The van der Waals surface area contributed by atoms with E-state index in [1.165, 1.54) is 30.0 Å². The van der Waals surface area contributed by atoms with Gasteiger partial charge in [0.15, 0.2) is 10.1 Å². The van der Waals surface area contributed by atoms with Gasteiger partial charge in [-0.1, -0.05) is 23.1 Å². The van der Waals surface area contributed by atoms with Crippen molar-refractivity contribution in [1.82, 2.24) is 10.2 Å². The Kier molecular flexibility index (Phi) is 6.33. The lowest BCUT2D eigenvalue weighted by molar-refractivity contribution is -0.115. The van der Waals surface area contributed by atoms with E-state index in [9.17, 15) is 9.59 Å². The highest BCUT2D eigenvalue weighted by Gasteiger charge is 2.17. The van der Waals surface area contributed by atoms with Crippen LogP contribution in [0.2, 0.25) is 0 Å². The van der Waals surface area contributed by atoms with Crippen molar-refractivity contribution in [1.29, 1.82) is 0 Å². The summed E-state index contributed by atoms with van der Waals surface area (Å²) in [7, 11) is 0. The number of rotatable bonds is 7. The summed E-state index contributed by atoms with van der Waals surface area (Å²) < 4.78 is 0.743. The van der Waals surface area contributed by atoms with Crippen molar-refractivity contribution in [2.45, 2.75) is 43.3 Å². The number of carbonyl (C=O) groups excluding carboxylic acids is 2. The molecule has 0 fully saturated rings. The summed E-state index contributed by atoms with van der Waals surface area (Å²) in [4.78, 5) is 23.5. The Bertz CT molecular complexity index is 713. The smallest absolute Gasteiger partial charge is 0.237 e. The van der Waals surface area contributed by atoms with E-state index < -0.39 is 0 Å². The summed E-state index contributed by atoms with van der Waals surface area (Å²) in [5.41, 5.74) is 1.28. The molecule has 2 aromatic rings. The molecule has 0 saturated heterocycles. The minimum Gasteiger partial charge on any atom is -0.358 e. The second-order valence-corrected chi connectivity index (χ2v) is 8.12. The number of ketones is 1. The zero-order valence-electron chi connectivity index (χ0n) is 14.0. The zero-order valence-corrected chi connectivity index (χ0v) is 15.6. The maximum atomic E-state index is 12.3. The van der Waals surface area contributed by atoms with Gasteiger partial charge in [0, 0.05) is 17.3 Å². The third-order valence-corrected chi connectivity index (χ3v) is 5.06. The number of amides is 1. The number of hydrogen-bond acceptors (Lipinski definition) is 7. The molecule has 128 valence electrons. The minimum atomic E-state index is -0.308. The Hall–Kier alpha value is -1.93. The van der Waals surface area contributed by atoms with Crippen LogP contribution >= 0.6 is 23.1 Å². The van der Waals surface area contributed by atoms with Crippen LogP contribution in [-0.2, 0) is 4.79 Å². The first-order chi connectivity index (χ1) is 11.3. The highest BCUT2D eigenvalue weighted by atomic mass is 32.2. The first-order valence-corrected chi connectivity index (χ1v) is 9.23. The van der Waals surface area contributed by atoms with Gasteiger partial charge in [-0.2, -0.15) is 0 Å². The normalized spacial score (nSPS) is 12.0. The quantitative estimate of drug-likeness (QED) is 0.576. The van der Waals surface area contributed by atoms with Crippen LogP contribution in [0.3, 0.4) is 0 Å². The van der Waals surface area contributed by atoms with Crippen LogP contribution in [-0.4, -0.2) is 33.2 Å². The molecule has 0 unspecified atom stereocenters. The van der Waals surface area contributed by atoms with Crippen LogP contribution in [0.5, 0.6) is 0 Å². The molecule has 0 aliphatic carbocycles. The SMILES string of the molecule is CC(=O)c1ccc(NC(=O)[C@H](C)Sc2nnc(NC(C)C)s2)cc1. The largest absolute Gasteiger partial charge is 0.358 e. The molecule has 0 spiro atoms. The van der Waals surface area contributed by atoms with Crippen LogP contribution < -0.4 is 10.6 Å². The Morgan fingerprint density at radius 1 is 1.12 bits per heavy atom. The van der Waals surface area contributed by atoms with Gasteiger partial charge in [-0.15, -0.1) is 10.2 Å². The second-order valence-electron chi connectivity index (χ2n) is 5.56. The average Bonchev–Trinajstić information content (AvgIpc) is 2.93. The fraction of sp³-hybridized carbons (Fsp3) is 0.375. The molecule has 1 aromatic carbocycles. The molecule has 2 N–H and O–H groups in total. The summed E-state index contributed by atoms with van der Waals surface area (Å²) in [5.74, 6) is -0.122. The molecular formula is C16H20N4O2S2. The number of anilines is 2. The van der Waals surface area contributed by atoms with Crippen molar-refractivity contribution in [3.05, 3.63) is 29.8 Å². The molecular weight excluding hydrogens is 344 g/mol. The maximum Gasteiger partial charge on any atom is 0.237 e. The van der Waals surface area contributed by atoms with Gasteiger partial charge in [-0.05, 0) is 52.0 Å². The van der Waals surface area contributed by atoms with E-state index in [0.717, 1.165) is 9.47 Å². The number of Topliss-reactive ketones (excluding diaryl/α,β-unsaturated/α-hetero) is 1. The number of benzene rings is 1. The van der Waals surface area contributed by atoms with Gasteiger partial charge in [0.25, 0.3) is 0 Å². The van der Waals surface area contributed by atoms with Crippen molar-refractivity contribution in [3.8, 4) is 0 Å². The number of carbonyl (C=O) groups is 2. The zero-order chi connectivity index (χ0) is 17.7. The molecule has 1 amide bonds. The second kappa shape index (κ2) is 8.25. The summed E-state index contributed by atoms with van der Waals surface area (Å²) in [6.45, 7) is 7.39. The van der Waals surface area contributed by atoms with Crippen LogP contribution in [0.15, 0.2) is 28.6 Å². The fourth-order valence-corrected chi connectivity index (χ4v) is 3.84. The number of hydrogen-bond donors (Lipinski definition) is 2. The molecule has 1 atom stereocenters. The molecule has 1 aromatic heterocycles. The first-order valence-electron chi connectivity index (χ1n) is 7.53. The van der Waals surface area contributed by atoms with Gasteiger partial charge in [-0.3, -0.25) is 9.59 Å². The lowest BCUT2D eigenvalue weighted by Crippen LogP contribution is -2.22.